The van der Waals surface area contributed by atoms with Crippen molar-refractivity contribution in [2.45, 2.75) is 18.2 Å². The van der Waals surface area contributed by atoms with E-state index in [-0.39, 0.29) is 22.7 Å². The molecule has 1 aromatic rings. The van der Waals surface area contributed by atoms with Gasteiger partial charge in [-0.05, 0) is 42.3 Å². The molecule has 1 fully saturated rings. The number of anilines is 1. The molecule has 112 valence electrons. The van der Waals surface area contributed by atoms with Crippen LogP contribution in [0.2, 0.25) is 0 Å². The maximum Gasteiger partial charge on any atom is 0.128 e. The molecule has 0 saturated carbocycles. The Bertz CT molecular complexity index is 577. The van der Waals surface area contributed by atoms with E-state index in [0.717, 1.165) is 5.69 Å². The van der Waals surface area contributed by atoms with Crippen molar-refractivity contribution in [1.82, 2.24) is 10.0 Å². The monoisotopic (exact) mass is 300 g/mol. The Morgan fingerprint density at radius 1 is 1.45 bits per heavy atom. The predicted molar refractivity (Wildman–Crippen MR) is 82.5 cm³/mol. The molecule has 0 spiro atoms. The molecule has 0 radical (unpaired) electrons. The zero-order chi connectivity index (χ0) is 14.9. The molecule has 1 aliphatic rings. The van der Waals surface area contributed by atoms with E-state index in [2.05, 4.69) is 15.4 Å². The van der Waals surface area contributed by atoms with Crippen molar-refractivity contribution < 1.29 is 8.60 Å². The number of rotatable bonds is 3. The summed E-state index contributed by atoms with van der Waals surface area (Å²) in [4.78, 5) is 0. The van der Waals surface area contributed by atoms with Crippen LogP contribution >= 0.6 is 0 Å². The summed E-state index contributed by atoms with van der Waals surface area (Å²) in [6.45, 7) is 1.75. The summed E-state index contributed by atoms with van der Waals surface area (Å²) in [7, 11) is 0.659. The minimum absolute atomic E-state index is 0.188. The second-order valence-corrected chi connectivity index (χ2v) is 8.15. The van der Waals surface area contributed by atoms with E-state index in [1.165, 1.54) is 6.07 Å². The molecule has 2 unspecified atom stereocenters. The molecular formula is C13H21FN4OS. The fourth-order valence-corrected chi connectivity index (χ4v) is 4.63. The van der Waals surface area contributed by atoms with Crippen molar-refractivity contribution in [2.75, 3.05) is 25.2 Å². The van der Waals surface area contributed by atoms with Crippen LogP contribution in [0.3, 0.4) is 0 Å². The third-order valence-corrected chi connectivity index (χ3v) is 7.04. The summed E-state index contributed by atoms with van der Waals surface area (Å²) in [6.07, 6.45) is 0. The highest BCUT2D eigenvalue weighted by Gasteiger charge is 2.36. The highest BCUT2D eigenvalue weighted by atomic mass is 32.3. The number of hydrogen-bond donors (Lipinski definition) is 5. The lowest BCUT2D eigenvalue weighted by atomic mass is 10.1. The zero-order valence-electron chi connectivity index (χ0n) is 11.8. The van der Waals surface area contributed by atoms with Crippen LogP contribution in [0, 0.1) is 11.2 Å². The average Bonchev–Trinajstić information content (AvgIpc) is 2.45. The molecule has 0 aliphatic carbocycles. The SMILES string of the molecule is CNc1ccc(F)c(C2C[SH](=O)(NC)C(C)C(=N)N2)c1. The Balaban J connectivity index is 2.38. The Kier molecular flexibility index (Phi) is 4.10. The fraction of sp³-hybridized carbons (Fsp3) is 0.462. The molecule has 0 amide bonds. The Hall–Kier alpha value is -1.47. The minimum Gasteiger partial charge on any atom is -0.388 e. The van der Waals surface area contributed by atoms with Gasteiger partial charge in [-0.3, -0.25) is 14.3 Å². The van der Waals surface area contributed by atoms with Crippen LogP contribution in [0.4, 0.5) is 10.1 Å². The van der Waals surface area contributed by atoms with Crippen LogP contribution in [0.15, 0.2) is 18.2 Å². The Morgan fingerprint density at radius 2 is 2.15 bits per heavy atom. The summed E-state index contributed by atoms with van der Waals surface area (Å²) in [5.41, 5.74) is 1.22. The number of halogens is 1. The highest BCUT2D eigenvalue weighted by molar-refractivity contribution is 8.02. The Labute approximate surface area is 119 Å². The van der Waals surface area contributed by atoms with E-state index in [1.54, 1.807) is 33.2 Å². The van der Waals surface area contributed by atoms with Gasteiger partial charge < -0.3 is 10.6 Å². The summed E-state index contributed by atoms with van der Waals surface area (Å²) < 4.78 is 29.6. The lowest BCUT2D eigenvalue weighted by Crippen LogP contribution is -2.56. The molecule has 1 aromatic carbocycles. The molecule has 1 heterocycles. The summed E-state index contributed by atoms with van der Waals surface area (Å²) in [5, 5.41) is 13.5. The van der Waals surface area contributed by atoms with Gasteiger partial charge in [-0.1, -0.05) is 0 Å². The van der Waals surface area contributed by atoms with Gasteiger partial charge in [-0.2, -0.15) is 0 Å². The van der Waals surface area contributed by atoms with Crippen LogP contribution in [0.1, 0.15) is 18.5 Å². The van der Waals surface area contributed by atoms with Gasteiger partial charge in [0, 0.05) is 24.1 Å². The molecular weight excluding hydrogens is 279 g/mol. The standard InChI is InChI=1S/C13H21FN4OS/c1-8-13(15)18-12(7-20(8,19)17-3)10-6-9(16-2)4-5-11(10)14/h4-6,8,12,16,20H,7H2,1-3H3,(H2,15,18)(H,17,19). The van der Waals surface area contributed by atoms with E-state index in [0.29, 0.717) is 5.56 Å². The third kappa shape index (κ3) is 2.55. The molecule has 4 N–H and O–H groups in total. The third-order valence-electron chi connectivity index (χ3n) is 3.87. The van der Waals surface area contributed by atoms with Crippen molar-refractivity contribution in [2.24, 2.45) is 0 Å². The van der Waals surface area contributed by atoms with E-state index >= 15 is 0 Å². The molecule has 20 heavy (non-hydrogen) atoms. The number of thiol groups is 1. The van der Waals surface area contributed by atoms with Crippen LogP contribution in [0.5, 0.6) is 0 Å². The zero-order valence-corrected chi connectivity index (χ0v) is 12.7. The molecule has 2 rings (SSSR count). The van der Waals surface area contributed by atoms with Gasteiger partial charge >= 0.3 is 0 Å². The smallest absolute Gasteiger partial charge is 0.128 e. The van der Waals surface area contributed by atoms with Crippen LogP contribution in [0.25, 0.3) is 0 Å². The number of benzene rings is 1. The number of nitrogens with one attached hydrogen (secondary N) is 4. The second-order valence-electron chi connectivity index (χ2n) is 4.97. The van der Waals surface area contributed by atoms with Crippen LogP contribution in [-0.2, 0) is 10.1 Å². The highest BCUT2D eigenvalue weighted by Crippen LogP contribution is 2.28. The average molecular weight is 300 g/mol. The van der Waals surface area contributed by atoms with E-state index in [4.69, 9.17) is 5.41 Å². The van der Waals surface area contributed by atoms with Crippen molar-refractivity contribution in [1.29, 1.82) is 5.41 Å². The van der Waals surface area contributed by atoms with Gasteiger partial charge in [0.2, 0.25) is 0 Å². The molecule has 0 bridgehead atoms. The van der Waals surface area contributed by atoms with Gasteiger partial charge in [0.05, 0.1) is 11.3 Å². The Morgan fingerprint density at radius 3 is 2.75 bits per heavy atom. The molecule has 0 aromatic heterocycles. The maximum absolute atomic E-state index is 14.0. The molecule has 1 aliphatic heterocycles. The summed E-state index contributed by atoms with van der Waals surface area (Å²) >= 11 is 0. The first kappa shape index (κ1) is 14.9. The summed E-state index contributed by atoms with van der Waals surface area (Å²) in [5.74, 6) is 0.122. The van der Waals surface area contributed by atoms with E-state index < -0.39 is 16.2 Å². The minimum atomic E-state index is -2.73. The topological polar surface area (TPSA) is 77.0 Å². The second kappa shape index (κ2) is 5.49. The van der Waals surface area contributed by atoms with E-state index in [1.807, 2.05) is 0 Å². The van der Waals surface area contributed by atoms with Crippen molar-refractivity contribution >= 4 is 21.6 Å². The number of amidine groups is 1. The van der Waals surface area contributed by atoms with Gasteiger partial charge in [-0.25, -0.2) is 4.39 Å². The van der Waals surface area contributed by atoms with Gasteiger partial charge in [0.25, 0.3) is 0 Å². The van der Waals surface area contributed by atoms with Gasteiger partial charge in [0.1, 0.15) is 11.7 Å². The van der Waals surface area contributed by atoms with Crippen molar-refractivity contribution in [3.05, 3.63) is 29.6 Å². The van der Waals surface area contributed by atoms with Gasteiger partial charge in [0.15, 0.2) is 0 Å². The lowest BCUT2D eigenvalue weighted by molar-refractivity contribution is 0.566. The normalized spacial score (nSPS) is 26.7. The van der Waals surface area contributed by atoms with Crippen LogP contribution in [-0.4, -0.2) is 35.1 Å². The molecule has 1 saturated heterocycles. The van der Waals surface area contributed by atoms with Crippen LogP contribution < -0.4 is 15.4 Å². The predicted octanol–water partition coefficient (Wildman–Crippen LogP) is 1.03. The van der Waals surface area contributed by atoms with E-state index in [9.17, 15) is 8.60 Å². The molecule has 5 nitrogen and oxygen atoms in total. The maximum atomic E-state index is 14.0. The quantitative estimate of drug-likeness (QED) is 0.541. The first-order valence-corrected chi connectivity index (χ1v) is 8.47. The first-order chi connectivity index (χ1) is 9.41. The molecule has 7 heteroatoms. The largest absolute Gasteiger partial charge is 0.388 e. The lowest BCUT2D eigenvalue weighted by Gasteiger charge is -2.40. The number of hydrogen-bond acceptors (Lipinski definition) is 3. The first-order valence-electron chi connectivity index (χ1n) is 6.51. The summed E-state index contributed by atoms with van der Waals surface area (Å²) in [6, 6.07) is 4.27. The molecule has 2 atom stereocenters. The van der Waals surface area contributed by atoms with Gasteiger partial charge in [-0.15, -0.1) is 0 Å². The van der Waals surface area contributed by atoms with Crippen molar-refractivity contribution in [3.63, 3.8) is 0 Å². The fourth-order valence-electron chi connectivity index (χ4n) is 2.42. The van der Waals surface area contributed by atoms with Crippen molar-refractivity contribution in [3.8, 4) is 0 Å².